The summed E-state index contributed by atoms with van der Waals surface area (Å²) >= 11 is 0. The topological polar surface area (TPSA) is 32.3 Å². The van der Waals surface area contributed by atoms with Gasteiger partial charge in [0, 0.05) is 19.1 Å². The number of nitrogens with zero attached hydrogens (tertiary/aromatic N) is 1. The Morgan fingerprint density at radius 3 is 3.00 bits per heavy atom. The fourth-order valence-corrected chi connectivity index (χ4v) is 1.52. The first-order chi connectivity index (χ1) is 4.40. The number of rotatable bonds is 1. The van der Waals surface area contributed by atoms with Crippen molar-refractivity contribution in [2.45, 2.75) is 12.5 Å². The Morgan fingerprint density at radius 2 is 2.67 bits per heavy atom. The highest BCUT2D eigenvalue weighted by atomic mass is 16.1. The van der Waals surface area contributed by atoms with Crippen molar-refractivity contribution < 1.29 is 4.79 Å². The first kappa shape index (κ1) is 5.23. The Balaban J connectivity index is 2.09. The lowest BCUT2D eigenvalue weighted by atomic mass is 10.2. The average molecular weight is 125 g/mol. The molecular weight excluding hydrogens is 116 g/mol. The molecule has 3 heteroatoms. The summed E-state index contributed by atoms with van der Waals surface area (Å²) in [6.07, 6.45) is 2.01. The van der Waals surface area contributed by atoms with Gasteiger partial charge in [-0.15, -0.1) is 0 Å². The van der Waals surface area contributed by atoms with E-state index in [0.29, 0.717) is 6.04 Å². The number of fused-ring (bicyclic) bond motifs is 2. The fraction of sp³-hybridized carbons (Fsp3) is 0.667. The zero-order chi connectivity index (χ0) is 6.27. The van der Waals surface area contributed by atoms with Crippen LogP contribution in [0.5, 0.6) is 0 Å². The number of likely N-dealkylation sites (tertiary alicyclic amines) is 1. The Hall–Kier alpha value is -0.570. The second-order valence-corrected chi connectivity index (χ2v) is 2.61. The van der Waals surface area contributed by atoms with Crippen LogP contribution in [0.25, 0.3) is 0 Å². The maximum atomic E-state index is 10.3. The van der Waals surface area contributed by atoms with Crippen LogP contribution in [0.3, 0.4) is 0 Å². The molecule has 0 spiro atoms. The maximum Gasteiger partial charge on any atom is 0.210 e. The van der Waals surface area contributed by atoms with Gasteiger partial charge >= 0.3 is 0 Å². The van der Waals surface area contributed by atoms with Crippen molar-refractivity contribution in [3.8, 4) is 0 Å². The molecule has 0 aliphatic carbocycles. The van der Waals surface area contributed by atoms with Crippen LogP contribution in [0.15, 0.2) is 0 Å². The molecule has 2 aliphatic rings. The standard InChI is InChI=1S/C6H9N2O/c9-4-8-3-5-1-6(8)2-7-5/h4-5,7H,1-3H2. The van der Waals surface area contributed by atoms with Gasteiger partial charge < -0.3 is 10.2 Å². The Bertz CT molecular complexity index is 137. The lowest BCUT2D eigenvalue weighted by Gasteiger charge is -2.21. The summed E-state index contributed by atoms with van der Waals surface area (Å²) in [6.45, 7) is 1.81. The first-order valence-electron chi connectivity index (χ1n) is 3.20. The van der Waals surface area contributed by atoms with E-state index in [0.717, 1.165) is 25.9 Å². The number of hydrogen-bond donors (Lipinski definition) is 1. The zero-order valence-electron chi connectivity index (χ0n) is 5.13. The van der Waals surface area contributed by atoms with Gasteiger partial charge in [0.25, 0.3) is 0 Å². The van der Waals surface area contributed by atoms with Crippen LogP contribution >= 0.6 is 0 Å². The number of amides is 1. The summed E-state index contributed by atoms with van der Waals surface area (Å²) in [5.41, 5.74) is 0. The van der Waals surface area contributed by atoms with E-state index in [1.54, 1.807) is 4.90 Å². The van der Waals surface area contributed by atoms with Gasteiger partial charge in [-0.2, -0.15) is 0 Å². The maximum absolute atomic E-state index is 10.3. The van der Waals surface area contributed by atoms with Gasteiger partial charge in [0.05, 0.1) is 6.04 Å². The first-order valence-corrected chi connectivity index (χ1v) is 3.20. The molecule has 49 valence electrons. The van der Waals surface area contributed by atoms with E-state index in [9.17, 15) is 4.79 Å². The fourth-order valence-electron chi connectivity index (χ4n) is 1.52. The molecular formula is C6H9N2O. The molecule has 2 saturated heterocycles. The lowest BCUT2D eigenvalue weighted by Crippen LogP contribution is -2.39. The van der Waals surface area contributed by atoms with Gasteiger partial charge in [0.15, 0.2) is 0 Å². The van der Waals surface area contributed by atoms with Crippen LogP contribution in [0.1, 0.15) is 6.42 Å². The minimum Gasteiger partial charge on any atom is -0.334 e. The zero-order valence-corrected chi connectivity index (χ0v) is 5.13. The number of piperazine rings is 1. The predicted octanol–water partition coefficient (Wildman–Crippen LogP) is -0.648. The molecule has 3 nitrogen and oxygen atoms in total. The molecule has 2 fully saturated rings. The second-order valence-electron chi connectivity index (χ2n) is 2.61. The minimum absolute atomic E-state index is 0.560. The molecule has 0 aromatic heterocycles. The number of hydrogen-bond acceptors (Lipinski definition) is 2. The molecule has 2 aliphatic heterocycles. The van der Waals surface area contributed by atoms with E-state index in [2.05, 4.69) is 5.32 Å². The van der Waals surface area contributed by atoms with Crippen LogP contribution in [0, 0.1) is 6.04 Å². The summed E-state index contributed by atoms with van der Waals surface area (Å²) in [4.78, 5) is 12.1. The highest BCUT2D eigenvalue weighted by Crippen LogP contribution is 2.27. The highest BCUT2D eigenvalue weighted by molar-refractivity contribution is 5.52. The molecule has 0 saturated carbocycles. The molecule has 2 bridgehead atoms. The van der Waals surface area contributed by atoms with Crippen LogP contribution in [-0.4, -0.2) is 30.4 Å². The molecule has 2 heterocycles. The van der Waals surface area contributed by atoms with Gasteiger partial charge in [-0.1, -0.05) is 0 Å². The van der Waals surface area contributed by atoms with Gasteiger partial charge in [-0.25, -0.2) is 0 Å². The molecule has 2 rings (SSSR count). The van der Waals surface area contributed by atoms with E-state index < -0.39 is 0 Å². The minimum atomic E-state index is 0.560. The monoisotopic (exact) mass is 125 g/mol. The third-order valence-corrected chi connectivity index (χ3v) is 2.03. The van der Waals surface area contributed by atoms with E-state index in [1.165, 1.54) is 6.04 Å². The molecule has 0 aromatic carbocycles. The predicted molar refractivity (Wildman–Crippen MR) is 32.4 cm³/mol. The van der Waals surface area contributed by atoms with Gasteiger partial charge in [-0.3, -0.25) is 4.79 Å². The SMILES string of the molecule is O=CN1CC2C[C]1CN2. The van der Waals surface area contributed by atoms with Crippen molar-refractivity contribution >= 4 is 6.41 Å². The molecule has 1 atom stereocenters. The molecule has 1 radical (unpaired) electrons. The van der Waals surface area contributed by atoms with Crippen molar-refractivity contribution in [1.29, 1.82) is 0 Å². The molecule has 1 N–H and O–H groups in total. The van der Waals surface area contributed by atoms with Crippen molar-refractivity contribution in [1.82, 2.24) is 10.2 Å². The smallest absolute Gasteiger partial charge is 0.210 e. The Labute approximate surface area is 54.0 Å². The lowest BCUT2D eigenvalue weighted by molar-refractivity contribution is -0.117. The summed E-state index contributed by atoms with van der Waals surface area (Å²) < 4.78 is 0. The van der Waals surface area contributed by atoms with E-state index in [1.807, 2.05) is 0 Å². The quantitative estimate of drug-likeness (QED) is 0.472. The van der Waals surface area contributed by atoms with E-state index in [4.69, 9.17) is 0 Å². The van der Waals surface area contributed by atoms with Crippen LogP contribution < -0.4 is 5.32 Å². The third-order valence-electron chi connectivity index (χ3n) is 2.03. The average Bonchev–Trinajstić information content (AvgIpc) is 2.45. The number of carbonyl (C=O) groups excluding carboxylic acids is 1. The van der Waals surface area contributed by atoms with Crippen molar-refractivity contribution in [3.05, 3.63) is 6.04 Å². The molecule has 0 aromatic rings. The van der Waals surface area contributed by atoms with E-state index >= 15 is 0 Å². The molecule has 9 heavy (non-hydrogen) atoms. The highest BCUT2D eigenvalue weighted by Gasteiger charge is 2.37. The Morgan fingerprint density at radius 1 is 1.78 bits per heavy atom. The van der Waals surface area contributed by atoms with E-state index in [-0.39, 0.29) is 0 Å². The molecule has 1 amide bonds. The van der Waals surface area contributed by atoms with Crippen LogP contribution in [0.2, 0.25) is 0 Å². The van der Waals surface area contributed by atoms with Gasteiger partial charge in [-0.05, 0) is 6.42 Å². The van der Waals surface area contributed by atoms with Gasteiger partial charge in [0.1, 0.15) is 0 Å². The van der Waals surface area contributed by atoms with Crippen LogP contribution in [0.4, 0.5) is 0 Å². The summed E-state index contributed by atoms with van der Waals surface area (Å²) in [5, 5.41) is 3.28. The third kappa shape index (κ3) is 0.645. The van der Waals surface area contributed by atoms with Crippen molar-refractivity contribution in [3.63, 3.8) is 0 Å². The summed E-state index contributed by atoms with van der Waals surface area (Å²) in [6, 6.07) is 1.82. The summed E-state index contributed by atoms with van der Waals surface area (Å²) in [5.74, 6) is 0. The normalized spacial score (nSPS) is 33.8. The van der Waals surface area contributed by atoms with Crippen LogP contribution in [-0.2, 0) is 4.79 Å². The van der Waals surface area contributed by atoms with Gasteiger partial charge in [0.2, 0.25) is 6.41 Å². The summed E-state index contributed by atoms with van der Waals surface area (Å²) in [7, 11) is 0. The van der Waals surface area contributed by atoms with Crippen molar-refractivity contribution in [2.24, 2.45) is 0 Å². The molecule has 1 unspecified atom stereocenters. The Kier molecular flexibility index (Phi) is 0.990. The van der Waals surface area contributed by atoms with Crippen molar-refractivity contribution in [2.75, 3.05) is 13.1 Å². The number of nitrogens with one attached hydrogen (secondary N) is 1. The number of carbonyl (C=O) groups is 1. The largest absolute Gasteiger partial charge is 0.334 e. The second kappa shape index (κ2) is 1.70.